The molecule has 0 aromatic carbocycles. The average molecular weight is 398 g/mol. The summed E-state index contributed by atoms with van der Waals surface area (Å²) < 4.78 is 4.59. The molecule has 1 atom stereocenters. The molecule has 0 spiro atoms. The molecule has 0 bridgehead atoms. The minimum atomic E-state index is -0.420. The van der Waals surface area contributed by atoms with Gasteiger partial charge in [0.05, 0.1) is 13.2 Å². The third-order valence-electron chi connectivity index (χ3n) is 5.56. The second kappa shape index (κ2) is 20.8. The molecule has 0 saturated carbocycles. The summed E-state index contributed by atoms with van der Waals surface area (Å²) in [5.41, 5.74) is 5.90. The van der Waals surface area contributed by atoms with Crippen LogP contribution in [0.3, 0.4) is 0 Å². The van der Waals surface area contributed by atoms with Crippen molar-refractivity contribution in [1.29, 1.82) is 0 Å². The third kappa shape index (κ3) is 18.5. The number of carbonyl (C=O) groups excluding carboxylic acids is 2. The van der Waals surface area contributed by atoms with E-state index in [1.54, 1.807) is 0 Å². The third-order valence-corrected chi connectivity index (χ3v) is 5.56. The lowest BCUT2D eigenvalue weighted by molar-refractivity contribution is -0.140. The van der Waals surface area contributed by atoms with Crippen LogP contribution in [0.2, 0.25) is 0 Å². The number of Topliss-reactive ketones (excluding diaryl/α,β-unsaturated/α-hetero) is 1. The fourth-order valence-corrected chi connectivity index (χ4v) is 3.59. The van der Waals surface area contributed by atoms with Crippen molar-refractivity contribution in [2.24, 2.45) is 5.73 Å². The van der Waals surface area contributed by atoms with Gasteiger partial charge in [0, 0.05) is 12.8 Å². The van der Waals surface area contributed by atoms with Gasteiger partial charge in [0.25, 0.3) is 0 Å². The van der Waals surface area contributed by atoms with Gasteiger partial charge in [0.15, 0.2) is 0 Å². The van der Waals surface area contributed by atoms with Gasteiger partial charge in [-0.05, 0) is 19.3 Å². The van der Waals surface area contributed by atoms with Crippen LogP contribution in [0.1, 0.15) is 129 Å². The highest BCUT2D eigenvalue weighted by molar-refractivity contribution is 5.83. The van der Waals surface area contributed by atoms with Crippen molar-refractivity contribution in [3.63, 3.8) is 0 Å². The fraction of sp³-hybridized carbons (Fsp3) is 0.917. The Bertz CT molecular complexity index is 371. The summed E-state index contributed by atoms with van der Waals surface area (Å²) in [6.45, 7) is 2.27. The first-order valence-corrected chi connectivity index (χ1v) is 12.0. The largest absolute Gasteiger partial charge is 0.469 e. The van der Waals surface area contributed by atoms with Gasteiger partial charge in [-0.3, -0.25) is 9.59 Å². The highest BCUT2D eigenvalue weighted by atomic mass is 16.5. The van der Waals surface area contributed by atoms with Crippen LogP contribution in [0, 0.1) is 0 Å². The molecule has 0 amide bonds. The van der Waals surface area contributed by atoms with Crippen LogP contribution in [-0.4, -0.2) is 24.9 Å². The lowest BCUT2D eigenvalue weighted by Gasteiger charge is -2.10. The van der Waals surface area contributed by atoms with E-state index in [1.807, 2.05) is 0 Å². The van der Waals surface area contributed by atoms with E-state index in [1.165, 1.54) is 90.6 Å². The number of methoxy groups -OCH3 is 1. The first-order valence-electron chi connectivity index (χ1n) is 12.0. The van der Waals surface area contributed by atoms with Crippen molar-refractivity contribution >= 4 is 11.8 Å². The zero-order valence-electron chi connectivity index (χ0n) is 18.8. The smallest absolute Gasteiger partial charge is 0.305 e. The highest BCUT2D eigenvalue weighted by Crippen LogP contribution is 2.14. The van der Waals surface area contributed by atoms with Crippen molar-refractivity contribution < 1.29 is 14.3 Å². The standard InChI is InChI=1S/C24H47NO3/c1-3-4-5-6-7-8-9-10-11-12-13-14-15-16-17-20-23(26)22(25)19-18-21-24(27)28-2/h22H,3-21,25H2,1-2H3. The SMILES string of the molecule is CCCCCCCCCCCCCCCCCC(=O)C(N)CCCC(=O)OC. The first kappa shape index (κ1) is 27.1. The van der Waals surface area contributed by atoms with Gasteiger partial charge >= 0.3 is 5.97 Å². The van der Waals surface area contributed by atoms with Crippen LogP contribution < -0.4 is 5.73 Å². The average Bonchev–Trinajstić information content (AvgIpc) is 2.70. The van der Waals surface area contributed by atoms with Crippen LogP contribution in [0.15, 0.2) is 0 Å². The molecule has 0 fully saturated rings. The monoisotopic (exact) mass is 397 g/mol. The Morgan fingerprint density at radius 3 is 1.54 bits per heavy atom. The van der Waals surface area contributed by atoms with Crippen LogP contribution in [0.25, 0.3) is 0 Å². The maximum atomic E-state index is 12.0. The highest BCUT2D eigenvalue weighted by Gasteiger charge is 2.13. The maximum Gasteiger partial charge on any atom is 0.305 e. The predicted molar refractivity (Wildman–Crippen MR) is 118 cm³/mol. The quantitative estimate of drug-likeness (QED) is 0.177. The topological polar surface area (TPSA) is 69.4 Å². The van der Waals surface area contributed by atoms with Gasteiger partial charge in [-0.25, -0.2) is 0 Å². The van der Waals surface area contributed by atoms with Crippen molar-refractivity contribution in [2.75, 3.05) is 7.11 Å². The molecule has 0 heterocycles. The number of rotatable bonds is 21. The Hall–Kier alpha value is -0.900. The number of ketones is 1. The van der Waals surface area contributed by atoms with Gasteiger partial charge in [-0.2, -0.15) is 0 Å². The van der Waals surface area contributed by atoms with Crippen molar-refractivity contribution in [1.82, 2.24) is 0 Å². The Morgan fingerprint density at radius 1 is 0.679 bits per heavy atom. The van der Waals surface area contributed by atoms with E-state index in [9.17, 15) is 9.59 Å². The van der Waals surface area contributed by atoms with Gasteiger partial charge < -0.3 is 10.5 Å². The van der Waals surface area contributed by atoms with E-state index < -0.39 is 6.04 Å². The number of ether oxygens (including phenoxy) is 1. The van der Waals surface area contributed by atoms with Crippen molar-refractivity contribution in [2.45, 2.75) is 135 Å². The summed E-state index contributed by atoms with van der Waals surface area (Å²) in [6, 6.07) is -0.420. The molecule has 4 heteroatoms. The number of nitrogens with two attached hydrogens (primary N) is 1. The van der Waals surface area contributed by atoms with Gasteiger partial charge in [0.2, 0.25) is 0 Å². The molecule has 28 heavy (non-hydrogen) atoms. The molecule has 0 aromatic rings. The van der Waals surface area contributed by atoms with E-state index >= 15 is 0 Å². The number of esters is 1. The van der Waals surface area contributed by atoms with Crippen molar-refractivity contribution in [3.8, 4) is 0 Å². The summed E-state index contributed by atoms with van der Waals surface area (Å²) in [5, 5.41) is 0. The van der Waals surface area contributed by atoms with Crippen LogP contribution >= 0.6 is 0 Å². The lowest BCUT2D eigenvalue weighted by Crippen LogP contribution is -2.30. The van der Waals surface area contributed by atoms with Gasteiger partial charge in [0.1, 0.15) is 5.78 Å². The van der Waals surface area contributed by atoms with E-state index in [0.29, 0.717) is 25.7 Å². The Balaban J connectivity index is 3.29. The number of carbonyl (C=O) groups is 2. The lowest BCUT2D eigenvalue weighted by atomic mass is 10.0. The summed E-state index contributed by atoms with van der Waals surface area (Å²) in [6.07, 6.45) is 22.0. The van der Waals surface area contributed by atoms with Crippen LogP contribution in [-0.2, 0) is 14.3 Å². The molecule has 0 aromatic heterocycles. The Morgan fingerprint density at radius 2 is 1.11 bits per heavy atom. The van der Waals surface area contributed by atoms with E-state index in [-0.39, 0.29) is 11.8 Å². The fourth-order valence-electron chi connectivity index (χ4n) is 3.59. The molecule has 0 rings (SSSR count). The number of unbranched alkanes of at least 4 members (excludes halogenated alkanes) is 14. The second-order valence-corrected chi connectivity index (χ2v) is 8.24. The number of hydrogen-bond acceptors (Lipinski definition) is 4. The zero-order valence-corrected chi connectivity index (χ0v) is 18.8. The molecule has 166 valence electrons. The predicted octanol–water partition coefficient (Wildman–Crippen LogP) is 6.49. The molecule has 2 N–H and O–H groups in total. The normalized spacial score (nSPS) is 12.1. The minimum Gasteiger partial charge on any atom is -0.469 e. The summed E-state index contributed by atoms with van der Waals surface area (Å²) in [4.78, 5) is 23.0. The molecule has 0 aliphatic heterocycles. The Labute approximate surface area is 174 Å². The van der Waals surface area contributed by atoms with Crippen molar-refractivity contribution in [3.05, 3.63) is 0 Å². The van der Waals surface area contributed by atoms with E-state index in [0.717, 1.165) is 12.8 Å². The Kier molecular flexibility index (Phi) is 20.2. The molecule has 0 saturated heterocycles. The molecule has 1 unspecified atom stereocenters. The summed E-state index contributed by atoms with van der Waals surface area (Å²) in [5.74, 6) is -0.0957. The molecular weight excluding hydrogens is 350 g/mol. The zero-order chi connectivity index (χ0) is 20.9. The second-order valence-electron chi connectivity index (χ2n) is 8.24. The summed E-state index contributed by atoms with van der Waals surface area (Å²) >= 11 is 0. The minimum absolute atomic E-state index is 0.138. The number of hydrogen-bond donors (Lipinski definition) is 1. The van der Waals surface area contributed by atoms with E-state index in [2.05, 4.69) is 11.7 Å². The first-order chi connectivity index (χ1) is 13.6. The molecule has 0 radical (unpaired) electrons. The molecule has 0 aliphatic carbocycles. The molecule has 0 aliphatic rings. The van der Waals surface area contributed by atoms with Gasteiger partial charge in [-0.15, -0.1) is 0 Å². The van der Waals surface area contributed by atoms with Gasteiger partial charge in [-0.1, -0.05) is 96.8 Å². The maximum absolute atomic E-state index is 12.0. The molecule has 4 nitrogen and oxygen atoms in total. The summed E-state index contributed by atoms with van der Waals surface area (Å²) in [7, 11) is 1.38. The van der Waals surface area contributed by atoms with Crippen LogP contribution in [0.4, 0.5) is 0 Å². The van der Waals surface area contributed by atoms with E-state index in [4.69, 9.17) is 5.73 Å². The van der Waals surface area contributed by atoms with Crippen LogP contribution in [0.5, 0.6) is 0 Å². The molecular formula is C24H47NO3.